The van der Waals surface area contributed by atoms with Crippen LogP contribution in [0.3, 0.4) is 0 Å². The van der Waals surface area contributed by atoms with Gasteiger partial charge < -0.3 is 20.3 Å². The van der Waals surface area contributed by atoms with Crippen LogP contribution in [-0.4, -0.2) is 50.6 Å². The summed E-state index contributed by atoms with van der Waals surface area (Å²) in [5.74, 6) is 0.320. The van der Waals surface area contributed by atoms with Gasteiger partial charge in [-0.05, 0) is 51.5 Å². The van der Waals surface area contributed by atoms with Crippen LogP contribution in [0.2, 0.25) is 0 Å². The Labute approximate surface area is 251 Å². The molecule has 0 radical (unpaired) electrons. The van der Waals surface area contributed by atoms with Crippen LogP contribution in [0.1, 0.15) is 128 Å². The van der Waals surface area contributed by atoms with Gasteiger partial charge in [0.25, 0.3) is 0 Å². The molecule has 0 unspecified atom stereocenters. The normalized spacial score (nSPS) is 10.9. The number of nitrogens with one attached hydrogen (secondary N) is 2. The van der Waals surface area contributed by atoms with Gasteiger partial charge in [-0.1, -0.05) is 115 Å². The molecule has 0 fully saturated rings. The Morgan fingerprint density at radius 3 is 1.85 bits per heavy atom. The van der Waals surface area contributed by atoms with Crippen LogP contribution in [0.25, 0.3) is 4.85 Å². The number of carbonyl (C=O) groups is 2. The summed E-state index contributed by atoms with van der Waals surface area (Å²) in [6.07, 6.45) is 22.2. The lowest BCUT2D eigenvalue weighted by Gasteiger charge is -2.12. The fourth-order valence-electron chi connectivity index (χ4n) is 4.87. The molecular weight excluding hydrogens is 512 g/mol. The maximum Gasteiger partial charge on any atom is 0.412 e. The van der Waals surface area contributed by atoms with Gasteiger partial charge >= 0.3 is 6.09 Å². The Morgan fingerprint density at radius 2 is 1.32 bits per heavy atom. The van der Waals surface area contributed by atoms with Crippen LogP contribution >= 0.6 is 0 Å². The number of amides is 2. The maximum atomic E-state index is 12.4. The second-order valence-electron chi connectivity index (χ2n) is 11.5. The minimum Gasteiger partial charge on any atom is -0.411 e. The third-order valence-electron chi connectivity index (χ3n) is 7.41. The number of aryl methyl sites for hydroxylation is 1. The third kappa shape index (κ3) is 20.9. The monoisotopic (exact) mass is 570 g/mol. The highest BCUT2D eigenvalue weighted by Gasteiger charge is 2.12. The Morgan fingerprint density at radius 1 is 0.780 bits per heavy atom. The number of hydrogen-bond acceptors (Lipinski definition) is 4. The van der Waals surface area contributed by atoms with Crippen molar-refractivity contribution < 1.29 is 14.3 Å². The summed E-state index contributed by atoms with van der Waals surface area (Å²) in [7, 11) is 4.01. The summed E-state index contributed by atoms with van der Waals surface area (Å²) >= 11 is 0. The Kier molecular flexibility index (Phi) is 22.3. The molecule has 0 bridgehead atoms. The topological polar surface area (TPSA) is 75.0 Å². The number of unbranched alkanes of at least 4 members (excludes halogenated alkanes) is 15. The highest BCUT2D eigenvalue weighted by atomic mass is 16.6. The van der Waals surface area contributed by atoms with Gasteiger partial charge in [-0.2, -0.15) is 0 Å². The van der Waals surface area contributed by atoms with E-state index in [1.54, 1.807) is 18.2 Å². The zero-order valence-corrected chi connectivity index (χ0v) is 26.4. The van der Waals surface area contributed by atoms with Crippen molar-refractivity contribution in [1.29, 1.82) is 0 Å². The molecule has 0 saturated heterocycles. The summed E-state index contributed by atoms with van der Waals surface area (Å²) in [4.78, 5) is 30.1. The summed E-state index contributed by atoms with van der Waals surface area (Å²) < 4.78 is 5.54. The standard InChI is InChI=1S/C34H58N4O3/c1-5-6-7-8-9-10-11-12-13-14-15-16-17-18-19-20-26-37-34(40)41-32-29-31(35-2)24-22-30(32)23-25-33(39)36-27-21-28-38(3)4/h22,24,29H,5-21,23,25-28H2,1,3-4H3,(H,36,39)(H,37,40). The summed E-state index contributed by atoms with van der Waals surface area (Å²) in [6.45, 7) is 11.7. The first-order chi connectivity index (χ1) is 20.0. The van der Waals surface area contributed by atoms with Crippen molar-refractivity contribution >= 4 is 17.7 Å². The van der Waals surface area contributed by atoms with E-state index >= 15 is 0 Å². The largest absolute Gasteiger partial charge is 0.412 e. The first kappa shape index (κ1) is 36.4. The third-order valence-corrected chi connectivity index (χ3v) is 7.41. The Hall–Kier alpha value is -2.59. The average Bonchev–Trinajstić information content (AvgIpc) is 2.96. The first-order valence-electron chi connectivity index (χ1n) is 16.3. The predicted molar refractivity (Wildman–Crippen MR) is 171 cm³/mol. The van der Waals surface area contributed by atoms with Gasteiger partial charge in [-0.15, -0.1) is 0 Å². The van der Waals surface area contributed by atoms with Gasteiger partial charge in [0, 0.05) is 19.5 Å². The van der Waals surface area contributed by atoms with Gasteiger partial charge in [0.1, 0.15) is 5.75 Å². The van der Waals surface area contributed by atoms with Crippen molar-refractivity contribution in [2.45, 2.75) is 129 Å². The van der Waals surface area contributed by atoms with E-state index in [-0.39, 0.29) is 5.91 Å². The zero-order chi connectivity index (χ0) is 30.0. The fourth-order valence-corrected chi connectivity index (χ4v) is 4.87. The van der Waals surface area contributed by atoms with Crippen molar-refractivity contribution in [2.75, 3.05) is 33.7 Å². The van der Waals surface area contributed by atoms with Gasteiger partial charge in [-0.3, -0.25) is 4.79 Å². The van der Waals surface area contributed by atoms with E-state index in [9.17, 15) is 9.59 Å². The molecule has 2 amide bonds. The van der Waals surface area contributed by atoms with E-state index in [1.165, 1.54) is 89.9 Å². The molecule has 2 N–H and O–H groups in total. The van der Waals surface area contributed by atoms with Gasteiger partial charge in [0.2, 0.25) is 5.91 Å². The smallest absolute Gasteiger partial charge is 0.411 e. The van der Waals surface area contributed by atoms with E-state index in [1.807, 2.05) is 14.1 Å². The Bertz CT molecular complexity index is 866. The molecule has 7 heteroatoms. The molecule has 7 nitrogen and oxygen atoms in total. The lowest BCUT2D eigenvalue weighted by atomic mass is 10.0. The average molecular weight is 571 g/mol. The number of benzene rings is 1. The van der Waals surface area contributed by atoms with Crippen LogP contribution in [0.5, 0.6) is 5.75 Å². The van der Waals surface area contributed by atoms with E-state index in [4.69, 9.17) is 11.3 Å². The molecule has 232 valence electrons. The SMILES string of the molecule is [C-]#[N+]c1ccc(CCC(=O)NCCCN(C)C)c(OC(=O)NCCCCCCCCCCCCCCCCCC)c1. The van der Waals surface area contributed by atoms with E-state index in [2.05, 4.69) is 27.3 Å². The minimum absolute atomic E-state index is 0.0306. The zero-order valence-electron chi connectivity index (χ0n) is 26.4. The maximum absolute atomic E-state index is 12.4. The van der Waals surface area contributed by atoms with Gasteiger partial charge in [0.05, 0.1) is 6.57 Å². The lowest BCUT2D eigenvalue weighted by Crippen LogP contribution is -2.28. The summed E-state index contributed by atoms with van der Waals surface area (Å²) in [6, 6.07) is 5.04. The molecule has 0 aliphatic rings. The molecule has 0 aliphatic carbocycles. The number of ether oxygens (including phenoxy) is 1. The highest BCUT2D eigenvalue weighted by molar-refractivity contribution is 5.76. The molecule has 0 spiro atoms. The van der Waals surface area contributed by atoms with Crippen LogP contribution in [0.4, 0.5) is 10.5 Å². The molecule has 1 aromatic rings. The van der Waals surface area contributed by atoms with Crippen molar-refractivity contribution in [3.8, 4) is 5.75 Å². The molecule has 0 aromatic heterocycles. The van der Waals surface area contributed by atoms with Crippen molar-refractivity contribution in [3.05, 3.63) is 35.2 Å². The molecule has 1 rings (SSSR count). The minimum atomic E-state index is -0.512. The van der Waals surface area contributed by atoms with Crippen molar-refractivity contribution in [1.82, 2.24) is 15.5 Å². The molecule has 0 aliphatic heterocycles. The first-order valence-corrected chi connectivity index (χ1v) is 16.3. The van der Waals surface area contributed by atoms with Gasteiger partial charge in [0.15, 0.2) is 5.69 Å². The number of rotatable bonds is 25. The molecular formula is C34H58N4O3. The molecule has 0 atom stereocenters. The van der Waals surface area contributed by atoms with E-state index < -0.39 is 6.09 Å². The van der Waals surface area contributed by atoms with Crippen LogP contribution < -0.4 is 15.4 Å². The van der Waals surface area contributed by atoms with Crippen LogP contribution in [0.15, 0.2) is 18.2 Å². The van der Waals surface area contributed by atoms with E-state index in [0.717, 1.165) is 31.4 Å². The fraction of sp³-hybridized carbons (Fsp3) is 0.735. The van der Waals surface area contributed by atoms with Crippen molar-refractivity contribution in [2.24, 2.45) is 0 Å². The van der Waals surface area contributed by atoms with Gasteiger partial charge in [-0.25, -0.2) is 9.64 Å². The second-order valence-corrected chi connectivity index (χ2v) is 11.5. The molecule has 1 aromatic carbocycles. The molecule has 41 heavy (non-hydrogen) atoms. The quantitative estimate of drug-likeness (QED) is 0.0912. The number of hydrogen-bond donors (Lipinski definition) is 2. The number of nitrogens with zero attached hydrogens (tertiary/aromatic N) is 2. The summed E-state index contributed by atoms with van der Waals surface area (Å²) in [5, 5.41) is 5.76. The number of carbonyl (C=O) groups excluding carboxylic acids is 2. The molecule has 0 heterocycles. The lowest BCUT2D eigenvalue weighted by molar-refractivity contribution is -0.121. The molecule has 0 saturated carbocycles. The second kappa shape index (κ2) is 25.1. The van der Waals surface area contributed by atoms with E-state index in [0.29, 0.717) is 37.4 Å². The van der Waals surface area contributed by atoms with Crippen LogP contribution in [0, 0.1) is 6.57 Å². The highest BCUT2D eigenvalue weighted by Crippen LogP contribution is 2.26. The Balaban J connectivity index is 2.14. The summed E-state index contributed by atoms with van der Waals surface area (Å²) in [5.41, 5.74) is 1.15. The van der Waals surface area contributed by atoms with Crippen molar-refractivity contribution in [3.63, 3.8) is 0 Å². The van der Waals surface area contributed by atoms with Crippen LogP contribution in [-0.2, 0) is 11.2 Å². The predicted octanol–water partition coefficient (Wildman–Crippen LogP) is 8.59.